The van der Waals surface area contributed by atoms with Crippen LogP contribution in [0.15, 0.2) is 59.2 Å². The Hall–Kier alpha value is -3.01. The van der Waals surface area contributed by atoms with E-state index < -0.39 is 5.97 Å². The van der Waals surface area contributed by atoms with Gasteiger partial charge in [-0.25, -0.2) is 4.79 Å². The van der Waals surface area contributed by atoms with Crippen LogP contribution < -0.4 is 4.74 Å². The monoisotopic (exact) mass is 322 g/mol. The molecule has 4 heteroatoms. The molecule has 0 spiro atoms. The van der Waals surface area contributed by atoms with Crippen LogP contribution in [0.2, 0.25) is 0 Å². The van der Waals surface area contributed by atoms with Crippen LogP contribution in [-0.2, 0) is 6.61 Å². The van der Waals surface area contributed by atoms with Crippen molar-refractivity contribution in [2.45, 2.75) is 20.5 Å². The van der Waals surface area contributed by atoms with Gasteiger partial charge in [0.2, 0.25) is 5.76 Å². The molecule has 1 aromatic heterocycles. The van der Waals surface area contributed by atoms with Crippen molar-refractivity contribution in [1.82, 2.24) is 0 Å². The van der Waals surface area contributed by atoms with Gasteiger partial charge in [-0.3, -0.25) is 0 Å². The predicted molar refractivity (Wildman–Crippen MR) is 91.4 cm³/mol. The van der Waals surface area contributed by atoms with Crippen LogP contribution in [0.25, 0.3) is 11.1 Å². The summed E-state index contributed by atoms with van der Waals surface area (Å²) in [5.41, 5.74) is 4.87. The fourth-order valence-corrected chi connectivity index (χ4v) is 2.52. The highest BCUT2D eigenvalue weighted by atomic mass is 16.5. The van der Waals surface area contributed by atoms with Crippen molar-refractivity contribution >= 4 is 5.97 Å². The number of furan rings is 1. The van der Waals surface area contributed by atoms with E-state index in [0.29, 0.717) is 17.9 Å². The van der Waals surface area contributed by atoms with Crippen LogP contribution in [0.1, 0.15) is 27.2 Å². The number of aryl methyl sites for hydroxylation is 2. The molecule has 2 aromatic carbocycles. The van der Waals surface area contributed by atoms with Gasteiger partial charge in [0.25, 0.3) is 0 Å². The van der Waals surface area contributed by atoms with E-state index in [1.54, 1.807) is 6.07 Å². The van der Waals surface area contributed by atoms with Gasteiger partial charge in [0, 0.05) is 5.56 Å². The molecule has 0 saturated carbocycles. The van der Waals surface area contributed by atoms with E-state index in [2.05, 4.69) is 26.0 Å². The molecule has 0 atom stereocenters. The smallest absolute Gasteiger partial charge is 0.372 e. The lowest BCUT2D eigenvalue weighted by molar-refractivity contribution is 0.0663. The maximum Gasteiger partial charge on any atom is 0.372 e. The zero-order chi connectivity index (χ0) is 17.1. The van der Waals surface area contributed by atoms with Crippen LogP contribution >= 0.6 is 0 Å². The maximum absolute atomic E-state index is 11.2. The molecule has 122 valence electrons. The number of benzene rings is 2. The van der Waals surface area contributed by atoms with Crippen molar-refractivity contribution in [2.24, 2.45) is 0 Å². The Morgan fingerprint density at radius 3 is 2.67 bits per heavy atom. The third-order valence-electron chi connectivity index (χ3n) is 3.98. The minimum Gasteiger partial charge on any atom is -0.489 e. The SMILES string of the molecule is Cc1ccc(COc2cccc(-c3ccoc3C(=O)O)c2)cc1C. The lowest BCUT2D eigenvalue weighted by Gasteiger charge is -2.09. The molecule has 0 saturated heterocycles. The standard InChI is InChI=1S/C20H18O4/c1-13-6-7-15(10-14(13)2)12-24-17-5-3-4-16(11-17)18-8-9-23-19(18)20(21)22/h3-11H,12H2,1-2H3,(H,21,22). The van der Waals surface area contributed by atoms with Crippen LogP contribution in [0.4, 0.5) is 0 Å². The highest BCUT2D eigenvalue weighted by Crippen LogP contribution is 2.28. The van der Waals surface area contributed by atoms with Crippen molar-refractivity contribution in [2.75, 3.05) is 0 Å². The minimum absolute atomic E-state index is 0.0682. The Bertz CT molecular complexity index is 877. The summed E-state index contributed by atoms with van der Waals surface area (Å²) in [7, 11) is 0. The molecule has 3 rings (SSSR count). The Balaban J connectivity index is 1.79. The number of carboxylic acids is 1. The summed E-state index contributed by atoms with van der Waals surface area (Å²) in [6.45, 7) is 4.61. The van der Waals surface area contributed by atoms with Gasteiger partial charge in [-0.1, -0.05) is 30.3 Å². The molecule has 0 bridgehead atoms. The molecule has 0 amide bonds. The van der Waals surface area contributed by atoms with Crippen LogP contribution in [0.5, 0.6) is 5.75 Å². The molecule has 1 N–H and O–H groups in total. The van der Waals surface area contributed by atoms with Crippen molar-refractivity contribution in [3.8, 4) is 16.9 Å². The normalized spacial score (nSPS) is 10.6. The zero-order valence-electron chi connectivity index (χ0n) is 13.6. The molecule has 0 aliphatic rings. The number of rotatable bonds is 5. The number of hydrogen-bond donors (Lipinski definition) is 1. The van der Waals surface area contributed by atoms with Gasteiger partial charge in [0.1, 0.15) is 12.4 Å². The first-order chi connectivity index (χ1) is 11.5. The van der Waals surface area contributed by atoms with E-state index in [1.165, 1.54) is 17.4 Å². The summed E-state index contributed by atoms with van der Waals surface area (Å²) >= 11 is 0. The minimum atomic E-state index is -1.09. The molecule has 0 aliphatic heterocycles. The summed E-state index contributed by atoms with van der Waals surface area (Å²) < 4.78 is 10.9. The largest absolute Gasteiger partial charge is 0.489 e. The molecule has 1 heterocycles. The third-order valence-corrected chi connectivity index (χ3v) is 3.98. The first-order valence-electron chi connectivity index (χ1n) is 7.65. The summed E-state index contributed by atoms with van der Waals surface area (Å²) in [6, 6.07) is 15.2. The lowest BCUT2D eigenvalue weighted by atomic mass is 10.1. The number of aromatic carboxylic acids is 1. The van der Waals surface area contributed by atoms with E-state index in [-0.39, 0.29) is 5.76 Å². The molecule has 0 aliphatic carbocycles. The molecule has 0 fully saturated rings. The second-order valence-corrected chi connectivity index (χ2v) is 5.70. The number of hydrogen-bond acceptors (Lipinski definition) is 3. The van der Waals surface area contributed by atoms with Gasteiger partial charge in [-0.05, 0) is 54.3 Å². The van der Waals surface area contributed by atoms with Crippen molar-refractivity contribution in [3.05, 3.63) is 77.2 Å². The van der Waals surface area contributed by atoms with Crippen LogP contribution in [0, 0.1) is 13.8 Å². The number of carboxylic acid groups (broad SMARTS) is 1. The maximum atomic E-state index is 11.2. The molecular formula is C20H18O4. The summed E-state index contributed by atoms with van der Waals surface area (Å²) in [5, 5.41) is 9.16. The average Bonchev–Trinajstić information content (AvgIpc) is 3.06. The lowest BCUT2D eigenvalue weighted by Crippen LogP contribution is -1.98. The molecule has 0 radical (unpaired) electrons. The summed E-state index contributed by atoms with van der Waals surface area (Å²) in [5.74, 6) is -0.471. The van der Waals surface area contributed by atoms with Crippen LogP contribution in [0.3, 0.4) is 0 Å². The van der Waals surface area contributed by atoms with Crippen molar-refractivity contribution < 1.29 is 19.1 Å². The molecule has 3 aromatic rings. The first-order valence-corrected chi connectivity index (χ1v) is 7.65. The number of carbonyl (C=O) groups is 1. The Morgan fingerprint density at radius 1 is 1.08 bits per heavy atom. The quantitative estimate of drug-likeness (QED) is 0.730. The number of ether oxygens (including phenoxy) is 1. The second-order valence-electron chi connectivity index (χ2n) is 5.70. The second kappa shape index (κ2) is 6.62. The molecule has 4 nitrogen and oxygen atoms in total. The van der Waals surface area contributed by atoms with Crippen LogP contribution in [-0.4, -0.2) is 11.1 Å². The molecule has 0 unspecified atom stereocenters. The summed E-state index contributed by atoms with van der Waals surface area (Å²) in [6.07, 6.45) is 1.38. The fourth-order valence-electron chi connectivity index (χ4n) is 2.52. The molecule has 24 heavy (non-hydrogen) atoms. The van der Waals surface area contributed by atoms with Crippen molar-refractivity contribution in [3.63, 3.8) is 0 Å². The Labute approximate surface area is 140 Å². The van der Waals surface area contributed by atoms with Gasteiger partial charge in [-0.15, -0.1) is 0 Å². The molecular weight excluding hydrogens is 304 g/mol. The van der Waals surface area contributed by atoms with Gasteiger partial charge in [0.15, 0.2) is 0 Å². The Kier molecular flexibility index (Phi) is 4.38. The zero-order valence-corrected chi connectivity index (χ0v) is 13.6. The van der Waals surface area contributed by atoms with E-state index in [0.717, 1.165) is 11.1 Å². The van der Waals surface area contributed by atoms with E-state index in [4.69, 9.17) is 14.3 Å². The topological polar surface area (TPSA) is 59.7 Å². The summed E-state index contributed by atoms with van der Waals surface area (Å²) in [4.78, 5) is 11.2. The third kappa shape index (κ3) is 3.33. The van der Waals surface area contributed by atoms with Crippen molar-refractivity contribution in [1.29, 1.82) is 0 Å². The van der Waals surface area contributed by atoms with Gasteiger partial charge < -0.3 is 14.3 Å². The highest BCUT2D eigenvalue weighted by molar-refractivity contribution is 5.93. The average molecular weight is 322 g/mol. The highest BCUT2D eigenvalue weighted by Gasteiger charge is 2.15. The first kappa shape index (κ1) is 15.9. The van der Waals surface area contributed by atoms with Gasteiger partial charge >= 0.3 is 5.97 Å². The van der Waals surface area contributed by atoms with Gasteiger partial charge in [0.05, 0.1) is 6.26 Å². The van der Waals surface area contributed by atoms with Gasteiger partial charge in [-0.2, -0.15) is 0 Å². The predicted octanol–water partition coefficient (Wildman–Crippen LogP) is 4.84. The van der Waals surface area contributed by atoms with E-state index in [1.807, 2.05) is 30.3 Å². The van der Waals surface area contributed by atoms with E-state index in [9.17, 15) is 4.79 Å². The fraction of sp³-hybridized carbons (Fsp3) is 0.150. The Morgan fingerprint density at radius 2 is 1.92 bits per heavy atom. The van der Waals surface area contributed by atoms with E-state index >= 15 is 0 Å².